The quantitative estimate of drug-likeness (QED) is 0.894. The Hall–Kier alpha value is -2.11. The molecule has 0 bridgehead atoms. The van der Waals surface area contributed by atoms with Crippen molar-refractivity contribution >= 4 is 17.5 Å². The summed E-state index contributed by atoms with van der Waals surface area (Å²) in [7, 11) is 0. The molecule has 1 aliphatic heterocycles. The molecule has 1 heterocycles. The van der Waals surface area contributed by atoms with Gasteiger partial charge in [-0.05, 0) is 37.1 Å². The number of primary amides is 1. The Morgan fingerprint density at radius 2 is 1.91 bits per heavy atom. The SMILES string of the molecule is CCC.NC(=O)C1CCCN1C(=O)CNc1ccc(F)cc1. The predicted molar refractivity (Wildman–Crippen MR) is 84.8 cm³/mol. The molecule has 0 spiro atoms. The van der Waals surface area contributed by atoms with E-state index in [2.05, 4.69) is 19.2 Å². The maximum atomic E-state index is 12.7. The molecule has 6 heteroatoms. The van der Waals surface area contributed by atoms with Gasteiger partial charge in [0.1, 0.15) is 11.9 Å². The summed E-state index contributed by atoms with van der Waals surface area (Å²) in [6.45, 7) is 4.87. The number of benzene rings is 1. The van der Waals surface area contributed by atoms with Gasteiger partial charge in [-0.3, -0.25) is 9.59 Å². The monoisotopic (exact) mass is 309 g/mol. The predicted octanol–water partition coefficient (Wildman–Crippen LogP) is 2.13. The highest BCUT2D eigenvalue weighted by Crippen LogP contribution is 2.17. The Labute approximate surface area is 130 Å². The first-order valence-electron chi connectivity index (χ1n) is 7.57. The van der Waals surface area contributed by atoms with Crippen LogP contribution in [0.5, 0.6) is 0 Å². The molecule has 2 amide bonds. The van der Waals surface area contributed by atoms with Crippen molar-refractivity contribution in [2.24, 2.45) is 5.73 Å². The lowest BCUT2D eigenvalue weighted by Crippen LogP contribution is -2.45. The Morgan fingerprint density at radius 3 is 2.45 bits per heavy atom. The highest BCUT2D eigenvalue weighted by atomic mass is 19.1. The Kier molecular flexibility index (Phi) is 7.36. The summed E-state index contributed by atoms with van der Waals surface area (Å²) < 4.78 is 12.7. The Morgan fingerprint density at radius 1 is 1.32 bits per heavy atom. The van der Waals surface area contributed by atoms with Gasteiger partial charge in [-0.2, -0.15) is 0 Å². The van der Waals surface area contributed by atoms with E-state index in [0.29, 0.717) is 18.7 Å². The first-order valence-corrected chi connectivity index (χ1v) is 7.57. The summed E-state index contributed by atoms with van der Waals surface area (Å²) in [5.41, 5.74) is 5.91. The van der Waals surface area contributed by atoms with Crippen molar-refractivity contribution in [2.45, 2.75) is 39.2 Å². The number of carbonyl (C=O) groups is 2. The van der Waals surface area contributed by atoms with Crippen molar-refractivity contribution in [3.05, 3.63) is 30.1 Å². The molecule has 1 unspecified atom stereocenters. The van der Waals surface area contributed by atoms with Crippen molar-refractivity contribution in [2.75, 3.05) is 18.4 Å². The first kappa shape index (κ1) is 17.9. The Balaban J connectivity index is 0.000000745. The van der Waals surface area contributed by atoms with Crippen LogP contribution in [0.25, 0.3) is 0 Å². The summed E-state index contributed by atoms with van der Waals surface area (Å²) in [4.78, 5) is 24.7. The number of hydrogen-bond acceptors (Lipinski definition) is 3. The van der Waals surface area contributed by atoms with Gasteiger partial charge in [-0.25, -0.2) is 4.39 Å². The fourth-order valence-electron chi connectivity index (χ4n) is 2.21. The lowest BCUT2D eigenvalue weighted by atomic mass is 10.2. The topological polar surface area (TPSA) is 75.4 Å². The van der Waals surface area contributed by atoms with Gasteiger partial charge in [0.25, 0.3) is 0 Å². The molecule has 0 aliphatic carbocycles. The molecule has 1 aromatic rings. The second kappa shape index (κ2) is 9.02. The van der Waals surface area contributed by atoms with E-state index in [1.54, 1.807) is 12.1 Å². The van der Waals surface area contributed by atoms with Gasteiger partial charge in [0, 0.05) is 12.2 Å². The number of halogens is 1. The van der Waals surface area contributed by atoms with E-state index in [0.717, 1.165) is 6.42 Å². The molecule has 122 valence electrons. The molecule has 3 N–H and O–H groups in total. The summed E-state index contributed by atoms with van der Waals surface area (Å²) >= 11 is 0. The van der Waals surface area contributed by atoms with Crippen LogP contribution in [0.3, 0.4) is 0 Å². The number of nitrogens with one attached hydrogen (secondary N) is 1. The summed E-state index contributed by atoms with van der Waals surface area (Å²) in [6.07, 6.45) is 2.66. The zero-order chi connectivity index (χ0) is 16.5. The van der Waals surface area contributed by atoms with Crippen LogP contribution in [0.15, 0.2) is 24.3 Å². The third kappa shape index (κ3) is 5.35. The van der Waals surface area contributed by atoms with Crippen LogP contribution in [-0.2, 0) is 9.59 Å². The van der Waals surface area contributed by atoms with Gasteiger partial charge in [0.15, 0.2) is 0 Å². The smallest absolute Gasteiger partial charge is 0.242 e. The molecule has 1 aromatic carbocycles. The number of carbonyl (C=O) groups excluding carboxylic acids is 2. The second-order valence-electron chi connectivity index (χ2n) is 5.22. The number of nitrogens with zero attached hydrogens (tertiary/aromatic N) is 1. The van der Waals surface area contributed by atoms with Crippen molar-refractivity contribution in [1.29, 1.82) is 0 Å². The molecule has 0 radical (unpaired) electrons. The molecule has 2 rings (SSSR count). The molecule has 1 saturated heterocycles. The van der Waals surface area contributed by atoms with Crippen LogP contribution in [0, 0.1) is 5.82 Å². The average molecular weight is 309 g/mol. The van der Waals surface area contributed by atoms with Crippen LogP contribution >= 0.6 is 0 Å². The van der Waals surface area contributed by atoms with Gasteiger partial charge in [-0.1, -0.05) is 20.3 Å². The Bertz CT molecular complexity index is 491. The van der Waals surface area contributed by atoms with Crippen LogP contribution in [-0.4, -0.2) is 35.8 Å². The normalized spacial score (nSPS) is 16.7. The highest BCUT2D eigenvalue weighted by molar-refractivity contribution is 5.89. The number of amides is 2. The van der Waals surface area contributed by atoms with E-state index in [-0.39, 0.29) is 18.3 Å². The fourth-order valence-corrected chi connectivity index (χ4v) is 2.21. The molecule has 1 atom stereocenters. The van der Waals surface area contributed by atoms with Crippen molar-refractivity contribution in [1.82, 2.24) is 4.90 Å². The van der Waals surface area contributed by atoms with Crippen LogP contribution in [0.1, 0.15) is 33.1 Å². The molecule has 0 aromatic heterocycles. The minimum atomic E-state index is -0.498. The molecule has 5 nitrogen and oxygen atoms in total. The molecular formula is C16H24FN3O2. The van der Waals surface area contributed by atoms with E-state index in [4.69, 9.17) is 5.73 Å². The zero-order valence-corrected chi connectivity index (χ0v) is 13.1. The summed E-state index contributed by atoms with van der Waals surface area (Å²) in [5, 5.41) is 2.90. The molecule has 22 heavy (non-hydrogen) atoms. The van der Waals surface area contributed by atoms with Crippen LogP contribution in [0.2, 0.25) is 0 Å². The van der Waals surface area contributed by atoms with E-state index in [1.165, 1.54) is 23.5 Å². The van der Waals surface area contributed by atoms with Gasteiger partial charge < -0.3 is 16.0 Å². The molecule has 1 aliphatic rings. The van der Waals surface area contributed by atoms with Crippen LogP contribution in [0.4, 0.5) is 10.1 Å². The minimum Gasteiger partial charge on any atom is -0.376 e. The van der Waals surface area contributed by atoms with Crippen molar-refractivity contribution < 1.29 is 14.0 Å². The minimum absolute atomic E-state index is 0.0649. The van der Waals surface area contributed by atoms with E-state index < -0.39 is 11.9 Å². The van der Waals surface area contributed by atoms with E-state index in [9.17, 15) is 14.0 Å². The first-order chi connectivity index (χ1) is 10.5. The lowest BCUT2D eigenvalue weighted by Gasteiger charge is -2.22. The van der Waals surface area contributed by atoms with Gasteiger partial charge in [0.2, 0.25) is 11.8 Å². The van der Waals surface area contributed by atoms with E-state index in [1.807, 2.05) is 0 Å². The molecule has 0 saturated carbocycles. The van der Waals surface area contributed by atoms with Crippen LogP contribution < -0.4 is 11.1 Å². The maximum absolute atomic E-state index is 12.7. The van der Waals surface area contributed by atoms with E-state index >= 15 is 0 Å². The fraction of sp³-hybridized carbons (Fsp3) is 0.500. The highest BCUT2D eigenvalue weighted by Gasteiger charge is 2.32. The number of rotatable bonds is 4. The lowest BCUT2D eigenvalue weighted by molar-refractivity contribution is -0.135. The summed E-state index contributed by atoms with van der Waals surface area (Å²) in [5.74, 6) is -0.969. The number of hydrogen-bond donors (Lipinski definition) is 2. The number of likely N-dealkylation sites (tertiary alicyclic amines) is 1. The van der Waals surface area contributed by atoms with Gasteiger partial charge >= 0.3 is 0 Å². The summed E-state index contributed by atoms with van der Waals surface area (Å²) in [6, 6.07) is 5.24. The molecular weight excluding hydrogens is 285 g/mol. The van der Waals surface area contributed by atoms with Crippen molar-refractivity contribution in [3.63, 3.8) is 0 Å². The number of anilines is 1. The van der Waals surface area contributed by atoms with Crippen molar-refractivity contribution in [3.8, 4) is 0 Å². The third-order valence-electron chi connectivity index (χ3n) is 3.19. The standard InChI is InChI=1S/C13H16FN3O2.C3H8/c14-9-3-5-10(6-4-9)16-8-12(18)17-7-1-2-11(17)13(15)19;1-3-2/h3-6,11,16H,1-2,7-8H2,(H2,15,19);3H2,1-2H3. The number of nitrogens with two attached hydrogens (primary N) is 1. The maximum Gasteiger partial charge on any atom is 0.242 e. The molecule has 1 fully saturated rings. The average Bonchev–Trinajstić information content (AvgIpc) is 2.97. The van der Waals surface area contributed by atoms with Gasteiger partial charge in [0.05, 0.1) is 6.54 Å². The van der Waals surface area contributed by atoms with Gasteiger partial charge in [-0.15, -0.1) is 0 Å². The third-order valence-corrected chi connectivity index (χ3v) is 3.19. The second-order valence-corrected chi connectivity index (χ2v) is 5.22. The zero-order valence-electron chi connectivity index (χ0n) is 13.1. The largest absolute Gasteiger partial charge is 0.376 e.